The number of H-pyrrole nitrogens is 1. The molecule has 7 heteroatoms. The Hall–Kier alpha value is -1.89. The highest BCUT2D eigenvalue weighted by atomic mass is 79.9. The molecule has 0 fully saturated rings. The van der Waals surface area contributed by atoms with E-state index in [9.17, 15) is 13.2 Å². The van der Waals surface area contributed by atoms with Crippen molar-refractivity contribution in [2.45, 2.75) is 13.1 Å². The van der Waals surface area contributed by atoms with Gasteiger partial charge in [-0.2, -0.15) is 17.4 Å². The molecule has 22 heavy (non-hydrogen) atoms. The SMILES string of the molecule is CC=[n+]1c(=C2CN=CC=C2C(F)(F)F)[nH]c2cc(Br)ccc21. The fraction of sp³-hybridized carbons (Fsp3) is 0.200. The Labute approximate surface area is 132 Å². The van der Waals surface area contributed by atoms with Crippen LogP contribution in [0, 0.1) is 6.21 Å². The smallest absolute Gasteiger partial charge is 0.288 e. The molecule has 0 bridgehead atoms. The summed E-state index contributed by atoms with van der Waals surface area (Å²) >= 11 is 3.37. The number of hydrogen-bond donors (Lipinski definition) is 1. The summed E-state index contributed by atoms with van der Waals surface area (Å²) in [6.07, 6.45) is -0.460. The van der Waals surface area contributed by atoms with Gasteiger partial charge in [0.15, 0.2) is 11.0 Å². The number of aromatic amines is 1. The summed E-state index contributed by atoms with van der Waals surface area (Å²) in [5, 5.41) is 0. The molecule has 1 N–H and O–H groups in total. The van der Waals surface area contributed by atoms with Crippen LogP contribution in [0.15, 0.2) is 39.3 Å². The lowest BCUT2D eigenvalue weighted by Crippen LogP contribution is -2.39. The van der Waals surface area contributed by atoms with E-state index in [4.69, 9.17) is 0 Å². The number of nitrogens with one attached hydrogen (secondary N) is 1. The number of allylic oxidation sites excluding steroid dienone is 1. The van der Waals surface area contributed by atoms with Crippen molar-refractivity contribution in [2.75, 3.05) is 6.54 Å². The molecule has 0 unspecified atom stereocenters. The summed E-state index contributed by atoms with van der Waals surface area (Å²) in [5.41, 5.74) is 1.44. The van der Waals surface area contributed by atoms with Crippen molar-refractivity contribution < 1.29 is 17.4 Å². The lowest BCUT2D eigenvalue weighted by atomic mass is 10.0. The molecule has 1 aliphatic heterocycles. The summed E-state index contributed by atoms with van der Waals surface area (Å²) < 4.78 is 42.3. The average molecular weight is 371 g/mol. The monoisotopic (exact) mass is 370 g/mol. The maximum atomic E-state index is 13.2. The first-order valence-corrected chi connectivity index (χ1v) is 7.37. The Morgan fingerprint density at radius 3 is 2.82 bits per heavy atom. The highest BCUT2D eigenvalue weighted by Gasteiger charge is 2.38. The normalized spacial score (nSPS) is 19.0. The molecule has 2 aromatic rings. The van der Waals surface area contributed by atoms with E-state index < -0.39 is 11.7 Å². The van der Waals surface area contributed by atoms with Crippen LogP contribution in [0.25, 0.3) is 16.6 Å². The highest BCUT2D eigenvalue weighted by Crippen LogP contribution is 2.32. The van der Waals surface area contributed by atoms with Crippen LogP contribution in [0.4, 0.5) is 13.2 Å². The van der Waals surface area contributed by atoms with Crippen molar-refractivity contribution in [1.29, 1.82) is 0 Å². The number of aromatic nitrogens is 2. The Morgan fingerprint density at radius 2 is 2.14 bits per heavy atom. The second kappa shape index (κ2) is 5.39. The molecule has 1 aromatic carbocycles. The Morgan fingerprint density at radius 1 is 1.36 bits per heavy atom. The number of hydrogen-bond acceptors (Lipinski definition) is 1. The number of nitrogens with zero attached hydrogens (tertiary/aromatic N) is 2. The van der Waals surface area contributed by atoms with Crippen molar-refractivity contribution in [2.24, 2.45) is 4.99 Å². The largest absolute Gasteiger partial charge is 0.417 e. The maximum Gasteiger partial charge on any atom is 0.417 e. The Bertz CT molecular complexity index is 920. The fourth-order valence-electron chi connectivity index (χ4n) is 2.54. The fourth-order valence-corrected chi connectivity index (χ4v) is 2.90. The average Bonchev–Trinajstić information content (AvgIpc) is 2.83. The number of alkyl halides is 3. The zero-order valence-corrected chi connectivity index (χ0v) is 13.2. The van der Waals surface area contributed by atoms with E-state index in [-0.39, 0.29) is 12.1 Å². The second-order valence-corrected chi connectivity index (χ2v) is 5.73. The maximum absolute atomic E-state index is 13.2. The van der Waals surface area contributed by atoms with Gasteiger partial charge in [0.2, 0.25) is 0 Å². The van der Waals surface area contributed by atoms with Crippen LogP contribution in [-0.2, 0) is 0 Å². The van der Waals surface area contributed by atoms with E-state index in [1.54, 1.807) is 17.4 Å². The zero-order valence-electron chi connectivity index (χ0n) is 11.6. The van der Waals surface area contributed by atoms with E-state index in [0.29, 0.717) is 5.48 Å². The molecular formula is C15H12BrF3N3+. The third-order valence-corrected chi connectivity index (χ3v) is 3.98. The molecular weight excluding hydrogens is 359 g/mol. The number of rotatable bonds is 0. The van der Waals surface area contributed by atoms with Gasteiger partial charge in [-0.25, -0.2) is 4.98 Å². The van der Waals surface area contributed by atoms with Crippen LogP contribution in [-0.4, -0.2) is 23.9 Å². The molecule has 0 atom stereocenters. The molecule has 0 aliphatic carbocycles. The van der Waals surface area contributed by atoms with Gasteiger partial charge in [-0.1, -0.05) is 15.9 Å². The minimum atomic E-state index is -4.41. The predicted octanol–water partition coefficient (Wildman–Crippen LogP) is 2.97. The third kappa shape index (κ3) is 2.49. The van der Waals surface area contributed by atoms with Crippen molar-refractivity contribution in [3.8, 4) is 0 Å². The van der Waals surface area contributed by atoms with Crippen molar-refractivity contribution >= 4 is 38.8 Å². The van der Waals surface area contributed by atoms with Gasteiger partial charge >= 0.3 is 6.18 Å². The first-order chi connectivity index (χ1) is 10.4. The van der Waals surface area contributed by atoms with Crippen molar-refractivity contribution in [3.63, 3.8) is 0 Å². The van der Waals surface area contributed by atoms with Gasteiger partial charge in [-0.15, -0.1) is 0 Å². The van der Waals surface area contributed by atoms with Crippen LogP contribution in [0.5, 0.6) is 0 Å². The van der Waals surface area contributed by atoms with E-state index in [1.807, 2.05) is 18.2 Å². The van der Waals surface area contributed by atoms with Crippen LogP contribution < -0.4 is 9.72 Å². The van der Waals surface area contributed by atoms with E-state index in [2.05, 4.69) is 25.9 Å². The molecule has 1 aliphatic rings. The van der Waals surface area contributed by atoms with E-state index >= 15 is 0 Å². The van der Waals surface area contributed by atoms with Gasteiger partial charge < -0.3 is 0 Å². The van der Waals surface area contributed by atoms with E-state index in [1.165, 1.54) is 6.21 Å². The lowest BCUT2D eigenvalue weighted by molar-refractivity contribution is -0.495. The number of halogens is 4. The second-order valence-electron chi connectivity index (χ2n) is 4.81. The number of benzene rings is 1. The van der Waals surface area contributed by atoms with Crippen LogP contribution >= 0.6 is 15.9 Å². The van der Waals surface area contributed by atoms with Gasteiger partial charge in [0.05, 0.1) is 23.9 Å². The highest BCUT2D eigenvalue weighted by molar-refractivity contribution is 9.10. The number of aliphatic imine (C=N–C) groups is 1. The molecule has 0 amide bonds. The quantitative estimate of drug-likeness (QED) is 0.692. The van der Waals surface area contributed by atoms with Gasteiger partial charge in [0, 0.05) is 16.8 Å². The lowest BCUT2D eigenvalue weighted by Gasteiger charge is -2.13. The van der Waals surface area contributed by atoms with Crippen LogP contribution in [0.1, 0.15) is 6.92 Å². The van der Waals surface area contributed by atoms with E-state index in [0.717, 1.165) is 21.6 Å². The van der Waals surface area contributed by atoms with Crippen molar-refractivity contribution in [1.82, 2.24) is 4.98 Å². The van der Waals surface area contributed by atoms with Crippen LogP contribution in [0.2, 0.25) is 0 Å². The first-order valence-electron chi connectivity index (χ1n) is 6.58. The molecule has 0 saturated heterocycles. The standard InChI is InChI=1S/C15H12BrF3N3/c1-2-22-13-4-3-9(16)7-12(13)21-14(22)10-8-20-6-5-11(10)15(17,18)19/h2-7,21H,8H2,1H3/q+1. The van der Waals surface area contributed by atoms with Crippen molar-refractivity contribution in [3.05, 3.63) is 46.0 Å². The topological polar surface area (TPSA) is 34.0 Å². The van der Waals surface area contributed by atoms with Gasteiger partial charge in [-0.05, 0) is 25.1 Å². The Kier molecular flexibility index (Phi) is 3.68. The minimum Gasteiger partial charge on any atom is -0.288 e. The van der Waals surface area contributed by atoms with Gasteiger partial charge in [-0.3, -0.25) is 4.99 Å². The Balaban J connectivity index is 2.43. The molecule has 3 nitrogen and oxygen atoms in total. The summed E-state index contributed by atoms with van der Waals surface area (Å²) in [7, 11) is 0. The molecule has 0 saturated carbocycles. The van der Waals surface area contributed by atoms with Crippen LogP contribution in [0.3, 0.4) is 0 Å². The summed E-state index contributed by atoms with van der Waals surface area (Å²) in [5.74, 6) is 0. The molecule has 0 radical (unpaired) electrons. The predicted molar refractivity (Wildman–Crippen MR) is 82.1 cm³/mol. The molecule has 0 spiro atoms. The minimum absolute atomic E-state index is 0.00677. The zero-order chi connectivity index (χ0) is 15.9. The molecule has 2 heterocycles. The first kappa shape index (κ1) is 15.0. The third-order valence-electron chi connectivity index (χ3n) is 3.48. The summed E-state index contributed by atoms with van der Waals surface area (Å²) in [4.78, 5) is 7.04. The molecule has 1 aromatic heterocycles. The molecule has 114 valence electrons. The summed E-state index contributed by atoms with van der Waals surface area (Å²) in [6, 6.07) is 5.54. The molecule has 3 rings (SSSR count). The number of dihydropyridines is 1. The van der Waals surface area contributed by atoms with Gasteiger partial charge in [0.1, 0.15) is 0 Å². The van der Waals surface area contributed by atoms with Gasteiger partial charge in [0.25, 0.3) is 5.48 Å². The summed E-state index contributed by atoms with van der Waals surface area (Å²) in [6.45, 7) is 1.77. The number of imidazole rings is 1. The number of fused-ring (bicyclic) bond motifs is 1.